The van der Waals surface area contributed by atoms with E-state index in [2.05, 4.69) is 71.6 Å². The molecule has 1 aliphatic carbocycles. The van der Waals surface area contributed by atoms with Gasteiger partial charge in [0.25, 0.3) is 0 Å². The molecule has 3 aliphatic rings. The average Bonchev–Trinajstić information content (AvgIpc) is 3.41. The predicted molar refractivity (Wildman–Crippen MR) is 185 cm³/mol. The Hall–Kier alpha value is -4.17. The third-order valence-electron chi connectivity index (χ3n) is 10.4. The van der Waals surface area contributed by atoms with Crippen LogP contribution in [0.25, 0.3) is 10.9 Å². The molecule has 1 aromatic carbocycles. The van der Waals surface area contributed by atoms with Crippen molar-refractivity contribution >= 4 is 28.3 Å². The standard InChI is InChI=1S/C36H49N9O2/c1-6-32(46)45-18-17-44(21-27(45)12-15-37)34-28-11-10-16-43(33-26(3)25(2)19-30-29(33)20-38-41-30)22-31(28)39-35(40-34)47-24-36(23-42(4)5)13-8-7-9-14-36/h6,19-20,27H,1,7-14,16-18,21-24H2,2-5H3,(H,38,41)/t27-/m0/s1. The first-order chi connectivity index (χ1) is 22.7. The van der Waals surface area contributed by atoms with Gasteiger partial charge in [-0.15, -0.1) is 0 Å². The summed E-state index contributed by atoms with van der Waals surface area (Å²) in [7, 11) is 4.28. The molecule has 4 heterocycles. The number of hydrogen-bond acceptors (Lipinski definition) is 9. The molecule has 6 rings (SSSR count). The highest BCUT2D eigenvalue weighted by Gasteiger charge is 2.36. The van der Waals surface area contributed by atoms with Crippen molar-refractivity contribution in [3.8, 4) is 12.1 Å². The summed E-state index contributed by atoms with van der Waals surface area (Å²) in [6.45, 7) is 12.7. The molecule has 2 aromatic heterocycles. The first kappa shape index (κ1) is 32.8. The summed E-state index contributed by atoms with van der Waals surface area (Å²) in [5, 5.41) is 18.3. The molecule has 250 valence electrons. The first-order valence-electron chi connectivity index (χ1n) is 17.1. The number of amides is 1. The van der Waals surface area contributed by atoms with E-state index in [1.807, 2.05) is 6.20 Å². The van der Waals surface area contributed by atoms with Crippen molar-refractivity contribution in [2.75, 3.05) is 63.2 Å². The monoisotopic (exact) mass is 639 g/mol. The van der Waals surface area contributed by atoms with Gasteiger partial charge in [-0.25, -0.2) is 0 Å². The van der Waals surface area contributed by atoms with Crippen LogP contribution in [-0.4, -0.2) is 95.3 Å². The summed E-state index contributed by atoms with van der Waals surface area (Å²) in [5.41, 5.74) is 6.89. The summed E-state index contributed by atoms with van der Waals surface area (Å²) in [5.74, 6) is 0.740. The number of aromatic amines is 1. The number of nitriles is 1. The Balaban J connectivity index is 1.38. The maximum Gasteiger partial charge on any atom is 0.318 e. The zero-order valence-electron chi connectivity index (χ0n) is 28.5. The lowest BCUT2D eigenvalue weighted by atomic mass is 9.74. The quantitative estimate of drug-likeness (QED) is 0.325. The van der Waals surface area contributed by atoms with Gasteiger partial charge in [-0.1, -0.05) is 25.8 Å². The number of fused-ring (bicyclic) bond motifs is 2. The zero-order valence-corrected chi connectivity index (χ0v) is 28.5. The van der Waals surface area contributed by atoms with Gasteiger partial charge in [0.1, 0.15) is 5.82 Å². The number of aromatic nitrogens is 4. The van der Waals surface area contributed by atoms with Gasteiger partial charge in [0.15, 0.2) is 0 Å². The molecule has 3 aromatic rings. The van der Waals surface area contributed by atoms with Gasteiger partial charge in [0, 0.05) is 49.1 Å². The number of aryl methyl sites for hydroxylation is 1. The molecule has 1 saturated heterocycles. The molecular weight excluding hydrogens is 590 g/mol. The zero-order chi connectivity index (χ0) is 33.1. The highest BCUT2D eigenvalue weighted by molar-refractivity contribution is 5.94. The molecule has 11 heteroatoms. The minimum Gasteiger partial charge on any atom is -0.463 e. The fraction of sp³-hybridized carbons (Fsp3) is 0.583. The molecule has 0 bridgehead atoms. The van der Waals surface area contributed by atoms with Crippen molar-refractivity contribution in [2.24, 2.45) is 5.41 Å². The van der Waals surface area contributed by atoms with Crippen molar-refractivity contribution in [3.05, 3.63) is 47.3 Å². The number of nitrogens with one attached hydrogen (secondary N) is 1. The van der Waals surface area contributed by atoms with Crippen LogP contribution < -0.4 is 14.5 Å². The number of carbonyl (C=O) groups excluding carboxylic acids is 1. The Morgan fingerprint density at radius 1 is 1.17 bits per heavy atom. The number of anilines is 2. The fourth-order valence-electron chi connectivity index (χ4n) is 8.09. The van der Waals surface area contributed by atoms with Gasteiger partial charge in [-0.2, -0.15) is 20.3 Å². The third-order valence-corrected chi connectivity index (χ3v) is 10.4. The van der Waals surface area contributed by atoms with E-state index in [0.29, 0.717) is 38.8 Å². The van der Waals surface area contributed by atoms with Crippen molar-refractivity contribution in [1.82, 2.24) is 30.0 Å². The van der Waals surface area contributed by atoms with E-state index in [0.717, 1.165) is 66.8 Å². The van der Waals surface area contributed by atoms with Crippen LogP contribution in [0.1, 0.15) is 67.3 Å². The van der Waals surface area contributed by atoms with Crippen LogP contribution in [-0.2, 0) is 17.8 Å². The van der Waals surface area contributed by atoms with Crippen LogP contribution in [0.5, 0.6) is 6.01 Å². The Bertz CT molecular complexity index is 1650. The molecule has 1 N–H and O–H groups in total. The number of rotatable bonds is 9. The molecular formula is C36H49N9O2. The summed E-state index contributed by atoms with van der Waals surface area (Å²) < 4.78 is 6.64. The number of piperazine rings is 1. The average molecular weight is 640 g/mol. The Kier molecular flexibility index (Phi) is 9.69. The number of hydrogen-bond donors (Lipinski definition) is 1. The highest BCUT2D eigenvalue weighted by Crippen LogP contribution is 2.39. The van der Waals surface area contributed by atoms with Crippen molar-refractivity contribution in [2.45, 2.75) is 77.8 Å². The van der Waals surface area contributed by atoms with Crippen molar-refractivity contribution < 1.29 is 9.53 Å². The molecule has 0 unspecified atom stereocenters. The molecule has 11 nitrogen and oxygen atoms in total. The lowest BCUT2D eigenvalue weighted by Gasteiger charge is -2.41. The summed E-state index contributed by atoms with van der Waals surface area (Å²) >= 11 is 0. The molecule has 47 heavy (non-hydrogen) atoms. The number of benzene rings is 1. The van der Waals surface area contributed by atoms with Gasteiger partial charge in [0.05, 0.1) is 54.8 Å². The molecule has 2 aliphatic heterocycles. The van der Waals surface area contributed by atoms with E-state index >= 15 is 0 Å². The summed E-state index contributed by atoms with van der Waals surface area (Å²) in [6.07, 6.45) is 11.3. The molecule has 0 radical (unpaired) electrons. The van der Waals surface area contributed by atoms with Crippen LogP contribution in [0, 0.1) is 30.6 Å². The molecule has 1 amide bonds. The normalized spacial score (nSPS) is 19.7. The van der Waals surface area contributed by atoms with Gasteiger partial charge < -0.3 is 24.3 Å². The van der Waals surface area contributed by atoms with E-state index in [1.54, 1.807) is 4.90 Å². The van der Waals surface area contributed by atoms with Crippen LogP contribution in [0.15, 0.2) is 24.9 Å². The molecule has 1 saturated carbocycles. The lowest BCUT2D eigenvalue weighted by molar-refractivity contribution is -0.128. The predicted octanol–water partition coefficient (Wildman–Crippen LogP) is 4.93. The van der Waals surface area contributed by atoms with Crippen LogP contribution >= 0.6 is 0 Å². The van der Waals surface area contributed by atoms with Crippen LogP contribution in [0.4, 0.5) is 11.5 Å². The number of ether oxygens (including phenoxy) is 1. The minimum atomic E-state index is -0.244. The van der Waals surface area contributed by atoms with Gasteiger partial charge >= 0.3 is 6.01 Å². The Morgan fingerprint density at radius 2 is 1.98 bits per heavy atom. The second-order valence-corrected chi connectivity index (χ2v) is 14.1. The number of carbonyl (C=O) groups is 1. The Labute approximate surface area is 278 Å². The fourth-order valence-corrected chi connectivity index (χ4v) is 8.09. The smallest absolute Gasteiger partial charge is 0.318 e. The van der Waals surface area contributed by atoms with E-state index in [1.165, 1.54) is 42.2 Å². The van der Waals surface area contributed by atoms with Crippen molar-refractivity contribution in [3.63, 3.8) is 0 Å². The summed E-state index contributed by atoms with van der Waals surface area (Å²) in [6, 6.07) is 4.64. The van der Waals surface area contributed by atoms with E-state index < -0.39 is 0 Å². The second-order valence-electron chi connectivity index (χ2n) is 14.1. The Morgan fingerprint density at radius 3 is 2.72 bits per heavy atom. The highest BCUT2D eigenvalue weighted by atomic mass is 16.5. The largest absolute Gasteiger partial charge is 0.463 e. The molecule has 2 fully saturated rings. The molecule has 1 atom stereocenters. The van der Waals surface area contributed by atoms with Crippen LogP contribution in [0.2, 0.25) is 0 Å². The SMILES string of the molecule is C=CC(=O)N1CCN(c2nc(OCC3(CN(C)C)CCCCC3)nc3c2CCCN(c2c(C)c(C)cc4[nH]ncc24)C3)C[C@@H]1CC#N. The third kappa shape index (κ3) is 6.79. The lowest BCUT2D eigenvalue weighted by Crippen LogP contribution is -2.55. The second kappa shape index (κ2) is 13.9. The maximum absolute atomic E-state index is 12.7. The maximum atomic E-state index is 12.7. The van der Waals surface area contributed by atoms with Crippen molar-refractivity contribution in [1.29, 1.82) is 5.26 Å². The van der Waals surface area contributed by atoms with E-state index in [4.69, 9.17) is 14.7 Å². The van der Waals surface area contributed by atoms with E-state index in [9.17, 15) is 10.1 Å². The topological polar surface area (TPSA) is 118 Å². The number of H-pyrrole nitrogens is 1. The molecule has 0 spiro atoms. The summed E-state index contributed by atoms with van der Waals surface area (Å²) in [4.78, 5) is 31.7. The van der Waals surface area contributed by atoms with Gasteiger partial charge in [0.2, 0.25) is 5.91 Å². The first-order valence-corrected chi connectivity index (χ1v) is 17.1. The number of nitrogens with zero attached hydrogens (tertiary/aromatic N) is 8. The van der Waals surface area contributed by atoms with E-state index in [-0.39, 0.29) is 23.8 Å². The van der Waals surface area contributed by atoms with Gasteiger partial charge in [-0.3, -0.25) is 9.89 Å². The van der Waals surface area contributed by atoms with Gasteiger partial charge in [-0.05, 0) is 76.9 Å². The van der Waals surface area contributed by atoms with Crippen LogP contribution in [0.3, 0.4) is 0 Å². The minimum absolute atomic E-state index is 0.0736.